The van der Waals surface area contributed by atoms with E-state index in [1.807, 2.05) is 0 Å². The van der Waals surface area contributed by atoms with Crippen molar-refractivity contribution in [2.75, 3.05) is 0 Å². The number of Topliss-reactive ketones (excluding diaryl/α,β-unsaturated/α-hetero) is 1. The van der Waals surface area contributed by atoms with Gasteiger partial charge < -0.3 is 5.11 Å². The van der Waals surface area contributed by atoms with Crippen molar-refractivity contribution in [2.45, 2.75) is 37.5 Å². The molecule has 0 aliphatic heterocycles. The summed E-state index contributed by atoms with van der Waals surface area (Å²) in [6.07, 6.45) is -0.323. The maximum absolute atomic E-state index is 15.4. The summed E-state index contributed by atoms with van der Waals surface area (Å²) in [5.74, 6) is -2.53. The smallest absolute Gasteiger partial charge is 0.195 e. The predicted molar refractivity (Wildman–Crippen MR) is 85.9 cm³/mol. The van der Waals surface area contributed by atoms with Crippen molar-refractivity contribution < 1.29 is 23.1 Å². The van der Waals surface area contributed by atoms with Crippen LogP contribution in [0.3, 0.4) is 0 Å². The molecule has 1 aliphatic carbocycles. The zero-order chi connectivity index (χ0) is 18.2. The van der Waals surface area contributed by atoms with Crippen LogP contribution in [0, 0.1) is 11.6 Å². The molecule has 2 aromatic rings. The summed E-state index contributed by atoms with van der Waals surface area (Å²) in [7, 11) is 0. The monoisotopic (exact) mass is 369 g/mol. The van der Waals surface area contributed by atoms with Crippen molar-refractivity contribution in [3.63, 3.8) is 0 Å². The minimum atomic E-state index is -2.32. The molecule has 0 amide bonds. The van der Waals surface area contributed by atoms with E-state index in [-0.39, 0.29) is 47.5 Å². The maximum Gasteiger partial charge on any atom is 0.195 e. The fourth-order valence-electron chi connectivity index (χ4n) is 3.16. The van der Waals surface area contributed by atoms with E-state index in [4.69, 9.17) is 11.6 Å². The van der Waals surface area contributed by atoms with Crippen LogP contribution >= 0.6 is 11.6 Å². The Morgan fingerprint density at radius 2 is 2.04 bits per heavy atom. The lowest BCUT2D eigenvalue weighted by molar-refractivity contribution is -0.133. The molecule has 1 N–H and O–H groups in total. The molecule has 0 fully saturated rings. The second-order valence-corrected chi connectivity index (χ2v) is 6.50. The molecule has 3 rings (SSSR count). The highest BCUT2D eigenvalue weighted by Gasteiger charge is 2.46. The number of pyridine rings is 1. The average Bonchev–Trinajstić information content (AvgIpc) is 2.57. The summed E-state index contributed by atoms with van der Waals surface area (Å²) in [5.41, 5.74) is -2.46. The highest BCUT2D eigenvalue weighted by Crippen LogP contribution is 2.43. The number of aromatic nitrogens is 1. The number of aliphatic hydroxyl groups is 1. The average molecular weight is 370 g/mol. The third kappa shape index (κ3) is 3.28. The van der Waals surface area contributed by atoms with E-state index in [1.165, 1.54) is 18.3 Å². The number of benzene rings is 1. The number of halogens is 4. The molecule has 7 heteroatoms. The second-order valence-electron chi connectivity index (χ2n) is 6.06. The number of carbonyl (C=O) groups excluding carboxylic acids is 1. The molecule has 25 heavy (non-hydrogen) atoms. The summed E-state index contributed by atoms with van der Waals surface area (Å²) in [6.45, 7) is 0. The molecule has 0 radical (unpaired) electrons. The Bertz CT molecular complexity index is 807. The van der Waals surface area contributed by atoms with Gasteiger partial charge in [-0.2, -0.15) is 0 Å². The molecule has 1 heterocycles. The molecule has 0 bridgehead atoms. The first-order valence-electron chi connectivity index (χ1n) is 7.82. The number of nitrogens with zero attached hydrogens (tertiary/aromatic N) is 1. The molecule has 3 nitrogen and oxygen atoms in total. The summed E-state index contributed by atoms with van der Waals surface area (Å²) >= 11 is 5.56. The van der Waals surface area contributed by atoms with E-state index in [9.17, 15) is 18.7 Å². The van der Waals surface area contributed by atoms with Crippen LogP contribution in [0.25, 0.3) is 0 Å². The molecule has 0 unspecified atom stereocenters. The highest BCUT2D eigenvalue weighted by molar-refractivity contribution is 6.30. The maximum atomic E-state index is 15.4. The Labute approximate surface area is 147 Å². The van der Waals surface area contributed by atoms with Crippen LogP contribution in [0.5, 0.6) is 0 Å². The van der Waals surface area contributed by atoms with Gasteiger partial charge in [0.15, 0.2) is 11.5 Å². The molecule has 1 aromatic carbocycles. The molecule has 0 saturated carbocycles. The Kier molecular flexibility index (Phi) is 4.84. The van der Waals surface area contributed by atoms with Gasteiger partial charge in [-0.15, -0.1) is 0 Å². The largest absolute Gasteiger partial charge is 0.387 e. The van der Waals surface area contributed by atoms with Crippen LogP contribution < -0.4 is 0 Å². The standard InChI is InChI=1S/C18H15ClF3NO2/c19-10-8-13(20)11(14(21)9-10)3-4-16(25)18(22)6-5-15(24)17-12(18)2-1-7-23-17/h1-2,7-9,15,24H,3-6H2/t15-,18-/m0/s1. The van der Waals surface area contributed by atoms with Crippen LogP contribution in [0.2, 0.25) is 5.02 Å². The molecule has 1 aliphatic rings. The lowest BCUT2D eigenvalue weighted by Gasteiger charge is -2.32. The number of ketones is 1. The molecule has 0 spiro atoms. The SMILES string of the molecule is O=C(CCc1c(F)cc(Cl)cc1F)[C@]1(F)CC[C@H](O)c2ncccc21. The highest BCUT2D eigenvalue weighted by atomic mass is 35.5. The topological polar surface area (TPSA) is 50.2 Å². The van der Waals surface area contributed by atoms with Gasteiger partial charge in [0, 0.05) is 28.8 Å². The van der Waals surface area contributed by atoms with Crippen LogP contribution in [0.15, 0.2) is 30.5 Å². The van der Waals surface area contributed by atoms with E-state index in [0.29, 0.717) is 0 Å². The van der Waals surface area contributed by atoms with Gasteiger partial charge in [0.25, 0.3) is 0 Å². The van der Waals surface area contributed by atoms with Crippen molar-refractivity contribution >= 4 is 17.4 Å². The number of aliphatic hydroxyl groups excluding tert-OH is 1. The minimum Gasteiger partial charge on any atom is -0.387 e. The first kappa shape index (κ1) is 17.9. The first-order valence-corrected chi connectivity index (χ1v) is 8.20. The van der Waals surface area contributed by atoms with E-state index >= 15 is 4.39 Å². The molecule has 0 saturated heterocycles. The summed E-state index contributed by atoms with van der Waals surface area (Å²) < 4.78 is 43.0. The zero-order valence-corrected chi connectivity index (χ0v) is 13.9. The van der Waals surface area contributed by atoms with Gasteiger partial charge in [0.05, 0.1) is 11.8 Å². The zero-order valence-electron chi connectivity index (χ0n) is 13.1. The van der Waals surface area contributed by atoms with Crippen molar-refractivity contribution in [1.29, 1.82) is 0 Å². The summed E-state index contributed by atoms with van der Waals surface area (Å²) in [6, 6.07) is 4.79. The Morgan fingerprint density at radius 3 is 2.72 bits per heavy atom. The number of hydrogen-bond acceptors (Lipinski definition) is 3. The van der Waals surface area contributed by atoms with Gasteiger partial charge in [-0.25, -0.2) is 13.2 Å². The van der Waals surface area contributed by atoms with Crippen LogP contribution in [-0.4, -0.2) is 15.9 Å². The number of carbonyl (C=O) groups is 1. The van der Waals surface area contributed by atoms with Crippen molar-refractivity contribution in [1.82, 2.24) is 4.98 Å². The fourth-order valence-corrected chi connectivity index (χ4v) is 3.35. The van der Waals surface area contributed by atoms with Gasteiger partial charge in [-0.05, 0) is 37.5 Å². The predicted octanol–water partition coefficient (Wildman–Crippen LogP) is 4.21. The molecule has 1 aromatic heterocycles. The molecule has 2 atom stereocenters. The number of fused-ring (bicyclic) bond motifs is 1. The normalized spacial score (nSPS) is 22.5. The fraction of sp³-hybridized carbons (Fsp3) is 0.333. The van der Waals surface area contributed by atoms with E-state index in [1.54, 1.807) is 0 Å². The van der Waals surface area contributed by atoms with Crippen molar-refractivity contribution in [3.8, 4) is 0 Å². The third-order valence-corrected chi connectivity index (χ3v) is 4.71. The Hall–Kier alpha value is -1.92. The van der Waals surface area contributed by atoms with Crippen LogP contribution in [-0.2, 0) is 16.9 Å². The number of hydrogen-bond donors (Lipinski definition) is 1. The van der Waals surface area contributed by atoms with Gasteiger partial charge in [-0.3, -0.25) is 9.78 Å². The van der Waals surface area contributed by atoms with E-state index < -0.39 is 29.2 Å². The third-order valence-electron chi connectivity index (χ3n) is 4.49. The first-order chi connectivity index (χ1) is 11.8. The Balaban J connectivity index is 1.84. The quantitative estimate of drug-likeness (QED) is 0.878. The van der Waals surface area contributed by atoms with Crippen LogP contribution in [0.1, 0.15) is 42.2 Å². The lowest BCUT2D eigenvalue weighted by Crippen LogP contribution is -2.37. The molecule has 132 valence electrons. The summed E-state index contributed by atoms with van der Waals surface area (Å²) in [5, 5.41) is 9.84. The molecular weight excluding hydrogens is 355 g/mol. The second kappa shape index (κ2) is 6.77. The minimum absolute atomic E-state index is 0.0239. The van der Waals surface area contributed by atoms with Crippen molar-refractivity contribution in [3.05, 3.63) is 63.9 Å². The van der Waals surface area contributed by atoms with Gasteiger partial charge >= 0.3 is 0 Å². The van der Waals surface area contributed by atoms with E-state index in [0.717, 1.165) is 12.1 Å². The van der Waals surface area contributed by atoms with Gasteiger partial charge in [-0.1, -0.05) is 17.7 Å². The lowest BCUT2D eigenvalue weighted by atomic mass is 9.77. The van der Waals surface area contributed by atoms with Gasteiger partial charge in [0.2, 0.25) is 0 Å². The number of alkyl halides is 1. The Morgan fingerprint density at radius 1 is 1.36 bits per heavy atom. The van der Waals surface area contributed by atoms with Gasteiger partial charge in [0.1, 0.15) is 11.6 Å². The molecular formula is C18H15ClF3NO2. The van der Waals surface area contributed by atoms with Crippen molar-refractivity contribution in [2.24, 2.45) is 0 Å². The number of rotatable bonds is 4. The van der Waals surface area contributed by atoms with Crippen LogP contribution in [0.4, 0.5) is 13.2 Å². The van der Waals surface area contributed by atoms with E-state index in [2.05, 4.69) is 4.98 Å². The summed E-state index contributed by atoms with van der Waals surface area (Å²) in [4.78, 5) is 16.5.